The molecule has 1 aromatic rings. The molecule has 0 saturated carbocycles. The molecule has 6 heteroatoms. The molecule has 1 heterocycles. The van der Waals surface area contributed by atoms with Crippen molar-refractivity contribution < 1.29 is 4.92 Å². The van der Waals surface area contributed by atoms with E-state index in [9.17, 15) is 10.1 Å². The molecule has 17 heavy (non-hydrogen) atoms. The Bertz CT molecular complexity index is 430. The zero-order valence-corrected chi connectivity index (χ0v) is 11.4. The van der Waals surface area contributed by atoms with Gasteiger partial charge in [0.2, 0.25) is 0 Å². The van der Waals surface area contributed by atoms with Crippen molar-refractivity contribution in [3.8, 4) is 0 Å². The number of halogens is 2. The van der Waals surface area contributed by atoms with Crippen LogP contribution in [0.5, 0.6) is 0 Å². The van der Waals surface area contributed by atoms with Crippen LogP contribution in [-0.4, -0.2) is 15.3 Å². The second-order valence-electron chi connectivity index (χ2n) is 4.91. The predicted molar refractivity (Wildman–Crippen MR) is 68.7 cm³/mol. The molecule has 0 bridgehead atoms. The lowest BCUT2D eigenvalue weighted by atomic mass is 9.89. The van der Waals surface area contributed by atoms with Gasteiger partial charge in [-0.05, 0) is 5.41 Å². The number of aromatic nitrogens is 1. The Morgan fingerprint density at radius 1 is 1.53 bits per heavy atom. The summed E-state index contributed by atoms with van der Waals surface area (Å²) in [6.45, 7) is 5.94. The molecule has 4 nitrogen and oxygen atoms in total. The second-order valence-corrected chi connectivity index (χ2v) is 5.88. The second kappa shape index (κ2) is 5.19. The minimum absolute atomic E-state index is 0.0765. The summed E-state index contributed by atoms with van der Waals surface area (Å²) in [5.41, 5.74) is 0.151. The molecule has 0 fully saturated rings. The minimum atomic E-state index is -0.486. The Kier molecular flexibility index (Phi) is 4.33. The third-order valence-electron chi connectivity index (χ3n) is 2.42. The van der Waals surface area contributed by atoms with Gasteiger partial charge in [-0.3, -0.25) is 15.1 Å². The van der Waals surface area contributed by atoms with E-state index < -0.39 is 4.92 Å². The molecule has 0 aliphatic carbocycles. The Morgan fingerprint density at radius 2 is 2.12 bits per heavy atom. The van der Waals surface area contributed by atoms with E-state index in [1.54, 1.807) is 0 Å². The first kappa shape index (κ1) is 14.2. The van der Waals surface area contributed by atoms with Gasteiger partial charge in [-0.1, -0.05) is 32.4 Å². The van der Waals surface area contributed by atoms with Crippen molar-refractivity contribution in [2.24, 2.45) is 5.41 Å². The van der Waals surface area contributed by atoms with Crippen molar-refractivity contribution in [2.75, 3.05) is 0 Å². The third-order valence-corrected chi connectivity index (χ3v) is 3.44. The zero-order valence-electron chi connectivity index (χ0n) is 9.91. The summed E-state index contributed by atoms with van der Waals surface area (Å²) in [7, 11) is 0. The number of pyridine rings is 1. The number of alkyl halides is 1. The van der Waals surface area contributed by atoms with Gasteiger partial charge in [-0.2, -0.15) is 0 Å². The van der Waals surface area contributed by atoms with Crippen LogP contribution >= 0.6 is 23.2 Å². The van der Waals surface area contributed by atoms with E-state index in [4.69, 9.17) is 23.2 Å². The maximum Gasteiger partial charge on any atom is 0.292 e. The van der Waals surface area contributed by atoms with Crippen molar-refractivity contribution in [1.82, 2.24) is 4.98 Å². The van der Waals surface area contributed by atoms with Crippen LogP contribution in [0.15, 0.2) is 12.3 Å². The molecule has 1 unspecified atom stereocenters. The van der Waals surface area contributed by atoms with Crippen LogP contribution < -0.4 is 0 Å². The van der Waals surface area contributed by atoms with Crippen LogP contribution in [0.1, 0.15) is 26.5 Å². The summed E-state index contributed by atoms with van der Waals surface area (Å²) in [6.07, 6.45) is 1.74. The van der Waals surface area contributed by atoms with Crippen LogP contribution in [0.25, 0.3) is 0 Å². The van der Waals surface area contributed by atoms with Gasteiger partial charge in [-0.15, -0.1) is 11.6 Å². The summed E-state index contributed by atoms with van der Waals surface area (Å²) in [5.74, 6) is 0. The van der Waals surface area contributed by atoms with E-state index in [0.717, 1.165) is 0 Å². The molecule has 0 aliphatic heterocycles. The Hall–Kier alpha value is -0.870. The van der Waals surface area contributed by atoms with Gasteiger partial charge < -0.3 is 0 Å². The monoisotopic (exact) mass is 276 g/mol. The third kappa shape index (κ3) is 3.82. The topological polar surface area (TPSA) is 56.0 Å². The molecular weight excluding hydrogens is 263 g/mol. The first-order chi connectivity index (χ1) is 7.71. The number of nitrogens with zero attached hydrogens (tertiary/aromatic N) is 2. The van der Waals surface area contributed by atoms with Crippen LogP contribution in [0, 0.1) is 15.5 Å². The number of hydrogen-bond donors (Lipinski definition) is 0. The molecule has 94 valence electrons. The van der Waals surface area contributed by atoms with Crippen molar-refractivity contribution in [1.29, 1.82) is 0 Å². The summed E-state index contributed by atoms with van der Waals surface area (Å²) < 4.78 is 0. The highest BCUT2D eigenvalue weighted by Crippen LogP contribution is 2.30. The fourth-order valence-electron chi connectivity index (χ4n) is 1.25. The Morgan fingerprint density at radius 3 is 2.59 bits per heavy atom. The molecular formula is C11H14Cl2N2O2. The summed E-state index contributed by atoms with van der Waals surface area (Å²) in [5, 5.41) is 10.9. The van der Waals surface area contributed by atoms with E-state index in [2.05, 4.69) is 4.98 Å². The standard InChI is InChI=1S/C11H14Cl2N2O2/c1-11(2,3)10(13)5-8-9(15(16)17)4-7(12)6-14-8/h4,6,10H,5H2,1-3H3. The van der Waals surface area contributed by atoms with Gasteiger partial charge in [0.15, 0.2) is 0 Å². The quantitative estimate of drug-likeness (QED) is 0.479. The summed E-state index contributed by atoms with van der Waals surface area (Å²) >= 11 is 11.9. The van der Waals surface area contributed by atoms with Crippen LogP contribution in [0.4, 0.5) is 5.69 Å². The first-order valence-corrected chi connectivity index (χ1v) is 5.96. The highest BCUT2D eigenvalue weighted by molar-refractivity contribution is 6.30. The maximum atomic E-state index is 10.9. The van der Waals surface area contributed by atoms with E-state index in [0.29, 0.717) is 12.1 Å². The number of nitro groups is 1. The molecule has 0 spiro atoms. The number of hydrogen-bond acceptors (Lipinski definition) is 3. The molecule has 0 aromatic carbocycles. The van der Waals surface area contributed by atoms with E-state index >= 15 is 0 Å². The van der Waals surface area contributed by atoms with Gasteiger partial charge in [0, 0.05) is 24.1 Å². The van der Waals surface area contributed by atoms with E-state index in [1.807, 2.05) is 20.8 Å². The molecule has 0 saturated heterocycles. The Balaban J connectivity index is 3.03. The lowest BCUT2D eigenvalue weighted by Gasteiger charge is -2.24. The summed E-state index contributed by atoms with van der Waals surface area (Å²) in [4.78, 5) is 14.4. The number of rotatable bonds is 3. The van der Waals surface area contributed by atoms with Gasteiger partial charge in [0.05, 0.1) is 9.95 Å². The van der Waals surface area contributed by atoms with Crippen molar-refractivity contribution in [2.45, 2.75) is 32.6 Å². The molecule has 0 N–H and O–H groups in total. The predicted octanol–water partition coefficient (Wildman–Crippen LogP) is 3.84. The molecule has 1 aromatic heterocycles. The van der Waals surface area contributed by atoms with Crippen LogP contribution in [-0.2, 0) is 6.42 Å². The van der Waals surface area contributed by atoms with Crippen LogP contribution in [0.2, 0.25) is 5.02 Å². The molecule has 0 aliphatic rings. The fraction of sp³-hybridized carbons (Fsp3) is 0.545. The molecule has 1 rings (SSSR count). The maximum absolute atomic E-state index is 10.9. The van der Waals surface area contributed by atoms with Gasteiger partial charge >= 0.3 is 0 Å². The Labute approximate surface area is 110 Å². The minimum Gasteiger partial charge on any atom is -0.258 e. The average molecular weight is 277 g/mol. The molecule has 0 radical (unpaired) electrons. The van der Waals surface area contributed by atoms with Gasteiger partial charge in [-0.25, -0.2) is 0 Å². The normalized spacial score (nSPS) is 13.5. The zero-order chi connectivity index (χ0) is 13.2. The van der Waals surface area contributed by atoms with Crippen molar-refractivity contribution >= 4 is 28.9 Å². The lowest BCUT2D eigenvalue weighted by Crippen LogP contribution is -2.23. The van der Waals surface area contributed by atoms with Gasteiger partial charge in [0.25, 0.3) is 5.69 Å². The highest BCUT2D eigenvalue weighted by atomic mass is 35.5. The molecule has 0 amide bonds. The van der Waals surface area contributed by atoms with E-state index in [-0.39, 0.29) is 21.5 Å². The SMILES string of the molecule is CC(C)(C)C(Cl)Cc1ncc(Cl)cc1[N+](=O)[O-]. The van der Waals surface area contributed by atoms with E-state index in [1.165, 1.54) is 12.3 Å². The largest absolute Gasteiger partial charge is 0.292 e. The molecule has 1 atom stereocenters. The average Bonchev–Trinajstić information content (AvgIpc) is 2.18. The van der Waals surface area contributed by atoms with Gasteiger partial charge in [0.1, 0.15) is 5.69 Å². The van der Waals surface area contributed by atoms with Crippen LogP contribution in [0.3, 0.4) is 0 Å². The summed E-state index contributed by atoms with van der Waals surface area (Å²) in [6, 6.07) is 1.30. The first-order valence-electron chi connectivity index (χ1n) is 5.14. The van der Waals surface area contributed by atoms with Crippen molar-refractivity contribution in [3.63, 3.8) is 0 Å². The smallest absolute Gasteiger partial charge is 0.258 e. The van der Waals surface area contributed by atoms with Crippen molar-refractivity contribution in [3.05, 3.63) is 33.1 Å². The fourth-order valence-corrected chi connectivity index (χ4v) is 1.55. The lowest BCUT2D eigenvalue weighted by molar-refractivity contribution is -0.385. The highest BCUT2D eigenvalue weighted by Gasteiger charge is 2.26.